The Morgan fingerprint density at radius 2 is 1.75 bits per heavy atom. The first-order valence-electron chi connectivity index (χ1n) is 7.91. The minimum Gasteiger partial charge on any atom is -0.508 e. The van der Waals surface area contributed by atoms with Crippen molar-refractivity contribution in [2.24, 2.45) is 11.8 Å². The van der Waals surface area contributed by atoms with Gasteiger partial charge in [0.2, 0.25) is 0 Å². The minimum absolute atomic E-state index is 0. The molecular formula is C18H27NO5. The number of esters is 1. The number of ether oxygens (including phenoxy) is 2. The lowest BCUT2D eigenvalue weighted by Crippen LogP contribution is -2.30. The topological polar surface area (TPSA) is 76.1 Å². The van der Waals surface area contributed by atoms with Crippen LogP contribution in [0.2, 0.25) is 0 Å². The number of nitrogens with zero attached hydrogens (tertiary/aromatic N) is 1. The molecule has 1 N–H and O–H groups in total. The van der Waals surface area contributed by atoms with Gasteiger partial charge in [0.05, 0.1) is 19.1 Å². The van der Waals surface area contributed by atoms with Crippen molar-refractivity contribution in [3.63, 3.8) is 0 Å². The highest BCUT2D eigenvalue weighted by Crippen LogP contribution is 2.29. The van der Waals surface area contributed by atoms with Crippen LogP contribution in [0.3, 0.4) is 0 Å². The van der Waals surface area contributed by atoms with Crippen LogP contribution >= 0.6 is 0 Å². The van der Waals surface area contributed by atoms with Gasteiger partial charge in [0.25, 0.3) is 0 Å². The van der Waals surface area contributed by atoms with Crippen LogP contribution in [0.1, 0.15) is 26.8 Å². The monoisotopic (exact) mass is 337 g/mol. The van der Waals surface area contributed by atoms with Crippen molar-refractivity contribution in [2.75, 3.05) is 26.3 Å². The summed E-state index contributed by atoms with van der Waals surface area (Å²) in [7, 11) is 0. The number of hydrogen-bond acceptors (Lipinski definition) is 5. The van der Waals surface area contributed by atoms with E-state index >= 15 is 0 Å². The van der Waals surface area contributed by atoms with E-state index in [0.717, 1.165) is 5.56 Å². The van der Waals surface area contributed by atoms with Gasteiger partial charge >= 0.3 is 12.1 Å². The molecule has 1 fully saturated rings. The van der Waals surface area contributed by atoms with Gasteiger partial charge in [0.1, 0.15) is 5.75 Å². The Morgan fingerprint density at radius 3 is 2.33 bits per heavy atom. The number of aromatic hydroxyl groups is 1. The van der Waals surface area contributed by atoms with Crippen LogP contribution in [0, 0.1) is 11.8 Å². The van der Waals surface area contributed by atoms with Crippen molar-refractivity contribution in [3.8, 4) is 5.75 Å². The number of rotatable bonds is 5. The first-order chi connectivity index (χ1) is 11.0. The van der Waals surface area contributed by atoms with E-state index in [2.05, 4.69) is 0 Å². The van der Waals surface area contributed by atoms with E-state index in [9.17, 15) is 14.7 Å². The molecule has 1 saturated heterocycles. The third kappa shape index (κ3) is 4.88. The third-order valence-electron chi connectivity index (χ3n) is 3.99. The van der Waals surface area contributed by atoms with Gasteiger partial charge in [-0.2, -0.15) is 0 Å². The molecule has 1 heterocycles. The molecule has 24 heavy (non-hydrogen) atoms. The fourth-order valence-electron chi connectivity index (χ4n) is 2.89. The molecule has 6 heteroatoms. The van der Waals surface area contributed by atoms with Crippen LogP contribution in [-0.4, -0.2) is 48.4 Å². The molecule has 0 aromatic heterocycles. The molecule has 1 aliphatic rings. The molecule has 0 radical (unpaired) electrons. The zero-order valence-electron chi connectivity index (χ0n) is 13.5. The molecule has 0 aliphatic carbocycles. The molecule has 0 bridgehead atoms. The number of likely N-dealkylation sites (tertiary alicyclic amines) is 1. The van der Waals surface area contributed by atoms with E-state index in [1.165, 1.54) is 0 Å². The van der Waals surface area contributed by atoms with Crippen LogP contribution in [0.4, 0.5) is 4.79 Å². The SMILES string of the molecule is C.CCOC(=O)[C@H]1CN(C(=O)OCC)C[C@H]1Cc1ccc(O)cc1. The molecule has 2 rings (SSSR count). The smallest absolute Gasteiger partial charge is 0.409 e. The summed E-state index contributed by atoms with van der Waals surface area (Å²) in [4.78, 5) is 25.7. The van der Waals surface area contributed by atoms with Gasteiger partial charge in [0.15, 0.2) is 0 Å². The first-order valence-corrected chi connectivity index (χ1v) is 7.91. The van der Waals surface area contributed by atoms with E-state index in [4.69, 9.17) is 9.47 Å². The molecule has 6 nitrogen and oxygen atoms in total. The first kappa shape index (κ1) is 19.8. The van der Waals surface area contributed by atoms with Crippen molar-refractivity contribution in [2.45, 2.75) is 27.7 Å². The quantitative estimate of drug-likeness (QED) is 0.836. The van der Waals surface area contributed by atoms with Gasteiger partial charge in [-0.3, -0.25) is 4.79 Å². The average molecular weight is 337 g/mol. The normalized spacial score (nSPS) is 19.5. The number of amides is 1. The zero-order valence-corrected chi connectivity index (χ0v) is 13.5. The lowest BCUT2D eigenvalue weighted by Gasteiger charge is -2.16. The molecular weight excluding hydrogens is 310 g/mol. The summed E-state index contributed by atoms with van der Waals surface area (Å²) in [5.74, 6) is -0.450. The number of hydrogen-bond donors (Lipinski definition) is 1. The van der Waals surface area contributed by atoms with Gasteiger partial charge in [-0.1, -0.05) is 19.6 Å². The molecule has 0 saturated carbocycles. The molecule has 0 spiro atoms. The largest absolute Gasteiger partial charge is 0.508 e. The maximum Gasteiger partial charge on any atom is 0.409 e. The summed E-state index contributed by atoms with van der Waals surface area (Å²) in [6.45, 7) is 4.93. The minimum atomic E-state index is -0.394. The van der Waals surface area contributed by atoms with E-state index in [1.54, 1.807) is 30.9 Å². The number of phenols is 1. The maximum atomic E-state index is 12.2. The summed E-state index contributed by atoms with van der Waals surface area (Å²) in [5, 5.41) is 9.36. The van der Waals surface area contributed by atoms with Crippen LogP contribution in [0.15, 0.2) is 24.3 Å². The Balaban J connectivity index is 0.00000288. The Kier molecular flexibility index (Phi) is 7.55. The Bertz CT molecular complexity index is 543. The summed E-state index contributed by atoms with van der Waals surface area (Å²) >= 11 is 0. The van der Waals surface area contributed by atoms with Crippen LogP contribution in [0.5, 0.6) is 5.75 Å². The Hall–Kier alpha value is -2.24. The molecule has 1 aliphatic heterocycles. The van der Waals surface area contributed by atoms with Gasteiger partial charge in [-0.05, 0) is 43.9 Å². The molecule has 134 valence electrons. The molecule has 1 aromatic rings. The lowest BCUT2D eigenvalue weighted by atomic mass is 9.90. The fraction of sp³-hybridized carbons (Fsp3) is 0.556. The average Bonchev–Trinajstić information content (AvgIpc) is 2.94. The standard InChI is InChI=1S/C17H23NO5.CH4/c1-3-22-16(20)15-11-18(17(21)23-4-2)10-13(15)9-12-5-7-14(19)8-6-12;/h5-8,13,15,19H,3-4,9-11H2,1-2H3;1H4/t13-,15+;/m1./s1. The zero-order chi connectivity index (χ0) is 16.8. The van der Waals surface area contributed by atoms with Crippen molar-refractivity contribution < 1.29 is 24.2 Å². The molecule has 1 aromatic carbocycles. The highest BCUT2D eigenvalue weighted by atomic mass is 16.6. The van der Waals surface area contributed by atoms with Gasteiger partial charge < -0.3 is 19.5 Å². The Morgan fingerprint density at radius 1 is 1.12 bits per heavy atom. The van der Waals surface area contributed by atoms with E-state index in [1.807, 2.05) is 12.1 Å². The number of phenolic OH excluding ortho intramolecular Hbond substituents is 1. The number of benzene rings is 1. The predicted molar refractivity (Wildman–Crippen MR) is 90.7 cm³/mol. The second-order valence-electron chi connectivity index (χ2n) is 5.59. The highest BCUT2D eigenvalue weighted by molar-refractivity contribution is 5.76. The van der Waals surface area contributed by atoms with Crippen molar-refractivity contribution in [1.29, 1.82) is 0 Å². The third-order valence-corrected chi connectivity index (χ3v) is 3.99. The van der Waals surface area contributed by atoms with Crippen molar-refractivity contribution in [3.05, 3.63) is 29.8 Å². The van der Waals surface area contributed by atoms with Crippen molar-refractivity contribution in [1.82, 2.24) is 4.90 Å². The second kappa shape index (κ2) is 9.15. The van der Waals surface area contributed by atoms with Crippen LogP contribution < -0.4 is 0 Å². The van der Waals surface area contributed by atoms with Gasteiger partial charge in [0, 0.05) is 13.1 Å². The number of carbonyl (C=O) groups excluding carboxylic acids is 2. The van der Waals surface area contributed by atoms with Crippen LogP contribution in [-0.2, 0) is 20.7 Å². The van der Waals surface area contributed by atoms with E-state index < -0.39 is 6.09 Å². The predicted octanol–water partition coefficient (Wildman–Crippen LogP) is 2.84. The fourth-order valence-corrected chi connectivity index (χ4v) is 2.89. The van der Waals surface area contributed by atoms with Gasteiger partial charge in [-0.15, -0.1) is 0 Å². The highest BCUT2D eigenvalue weighted by Gasteiger charge is 2.40. The second-order valence-corrected chi connectivity index (χ2v) is 5.59. The molecule has 1 amide bonds. The molecule has 0 unspecified atom stereocenters. The Labute approximate surface area is 143 Å². The van der Waals surface area contributed by atoms with E-state index in [-0.39, 0.29) is 31.0 Å². The summed E-state index contributed by atoms with van der Waals surface area (Å²) in [5.41, 5.74) is 1.01. The van der Waals surface area contributed by atoms with Gasteiger partial charge in [-0.25, -0.2) is 4.79 Å². The summed E-state index contributed by atoms with van der Waals surface area (Å²) in [6, 6.07) is 6.88. The maximum absolute atomic E-state index is 12.2. The van der Waals surface area contributed by atoms with Crippen molar-refractivity contribution >= 4 is 12.1 Å². The molecule has 2 atom stereocenters. The van der Waals surface area contributed by atoms with Crippen LogP contribution in [0.25, 0.3) is 0 Å². The number of carbonyl (C=O) groups is 2. The summed E-state index contributed by atoms with van der Waals surface area (Å²) < 4.78 is 10.2. The van der Waals surface area contributed by atoms with E-state index in [0.29, 0.717) is 32.7 Å². The lowest BCUT2D eigenvalue weighted by molar-refractivity contribution is -0.148. The summed E-state index contributed by atoms with van der Waals surface area (Å²) in [6.07, 6.45) is 0.245.